The van der Waals surface area contributed by atoms with E-state index in [1.165, 1.54) is 0 Å². The molecule has 0 radical (unpaired) electrons. The minimum Gasteiger partial charge on any atom is -0.497 e. The molecule has 5 nitrogen and oxygen atoms in total. The van der Waals surface area contributed by atoms with Gasteiger partial charge in [-0.05, 0) is 17.7 Å². The first kappa shape index (κ1) is 13.3. The summed E-state index contributed by atoms with van der Waals surface area (Å²) in [5, 5.41) is 28.9. The highest BCUT2D eigenvalue weighted by molar-refractivity contribution is 5.30. The molecular formula is C13H18O5. The molecule has 1 saturated heterocycles. The first-order valence-electron chi connectivity index (χ1n) is 5.92. The lowest BCUT2D eigenvalue weighted by Gasteiger charge is -2.36. The summed E-state index contributed by atoms with van der Waals surface area (Å²) < 4.78 is 10.7. The molecule has 5 heteroatoms. The summed E-state index contributed by atoms with van der Waals surface area (Å²) in [4.78, 5) is 0. The summed E-state index contributed by atoms with van der Waals surface area (Å²) in [7, 11) is 1.56. The monoisotopic (exact) mass is 254 g/mol. The van der Waals surface area contributed by atoms with Gasteiger partial charge in [0.2, 0.25) is 0 Å². The highest BCUT2D eigenvalue weighted by Crippen LogP contribution is 2.33. The minimum absolute atomic E-state index is 0.176. The lowest BCUT2D eigenvalue weighted by atomic mass is 9.93. The Labute approximate surface area is 106 Å². The Kier molecular flexibility index (Phi) is 4.19. The van der Waals surface area contributed by atoms with E-state index in [0.29, 0.717) is 5.75 Å². The number of aliphatic hydroxyl groups is 3. The number of hydrogen-bond acceptors (Lipinski definition) is 5. The number of methoxy groups -OCH3 is 1. The van der Waals surface area contributed by atoms with Gasteiger partial charge in [0.1, 0.15) is 18.0 Å². The molecule has 0 unspecified atom stereocenters. The molecule has 18 heavy (non-hydrogen) atoms. The number of hydrogen-bond donors (Lipinski definition) is 3. The molecule has 0 aromatic heterocycles. The number of benzene rings is 1. The molecule has 0 bridgehead atoms. The first-order valence-corrected chi connectivity index (χ1v) is 5.92. The summed E-state index contributed by atoms with van der Waals surface area (Å²) in [6.07, 6.45) is -2.77. The zero-order valence-electron chi connectivity index (χ0n) is 10.2. The molecule has 1 aliphatic heterocycles. The summed E-state index contributed by atoms with van der Waals surface area (Å²) >= 11 is 0. The molecule has 0 spiro atoms. The van der Waals surface area contributed by atoms with Gasteiger partial charge in [-0.2, -0.15) is 0 Å². The van der Waals surface area contributed by atoms with Gasteiger partial charge in [-0.3, -0.25) is 0 Å². The van der Waals surface area contributed by atoms with Crippen LogP contribution in [-0.2, 0) is 4.74 Å². The lowest BCUT2D eigenvalue weighted by molar-refractivity contribution is -0.179. The van der Waals surface area contributed by atoms with Gasteiger partial charge in [-0.1, -0.05) is 12.1 Å². The zero-order valence-corrected chi connectivity index (χ0v) is 10.2. The van der Waals surface area contributed by atoms with Crippen LogP contribution in [0.15, 0.2) is 24.3 Å². The minimum atomic E-state index is -1.00. The van der Waals surface area contributed by atoms with E-state index in [2.05, 4.69) is 0 Å². The Balaban J connectivity index is 2.23. The van der Waals surface area contributed by atoms with Crippen LogP contribution in [0.2, 0.25) is 0 Å². The average molecular weight is 254 g/mol. The van der Waals surface area contributed by atoms with Crippen LogP contribution in [0, 0.1) is 0 Å². The van der Waals surface area contributed by atoms with Crippen molar-refractivity contribution in [2.75, 3.05) is 13.7 Å². The second-order valence-electron chi connectivity index (χ2n) is 4.43. The van der Waals surface area contributed by atoms with Crippen LogP contribution >= 0.6 is 0 Å². The zero-order chi connectivity index (χ0) is 13.1. The van der Waals surface area contributed by atoms with E-state index in [4.69, 9.17) is 14.6 Å². The van der Waals surface area contributed by atoms with Crippen molar-refractivity contribution in [3.63, 3.8) is 0 Å². The SMILES string of the molecule is COc1cccc([C@H]2O[C@H](CO)C[C@H](O)[C@@H]2O)c1. The first-order chi connectivity index (χ1) is 8.65. The van der Waals surface area contributed by atoms with Gasteiger partial charge in [-0.25, -0.2) is 0 Å². The third kappa shape index (κ3) is 2.64. The van der Waals surface area contributed by atoms with E-state index in [1.807, 2.05) is 0 Å². The third-order valence-electron chi connectivity index (χ3n) is 3.17. The van der Waals surface area contributed by atoms with Crippen LogP contribution in [0.25, 0.3) is 0 Å². The van der Waals surface area contributed by atoms with Gasteiger partial charge in [0.15, 0.2) is 0 Å². The van der Waals surface area contributed by atoms with E-state index in [-0.39, 0.29) is 13.0 Å². The summed E-state index contributed by atoms with van der Waals surface area (Å²) in [5.74, 6) is 0.656. The average Bonchev–Trinajstić information content (AvgIpc) is 2.41. The quantitative estimate of drug-likeness (QED) is 0.720. The van der Waals surface area contributed by atoms with Crippen molar-refractivity contribution in [1.29, 1.82) is 0 Å². The van der Waals surface area contributed by atoms with Crippen molar-refractivity contribution in [1.82, 2.24) is 0 Å². The highest BCUT2D eigenvalue weighted by atomic mass is 16.5. The molecule has 2 rings (SSSR count). The molecule has 1 fully saturated rings. The van der Waals surface area contributed by atoms with Gasteiger partial charge >= 0.3 is 0 Å². The lowest BCUT2D eigenvalue weighted by Crippen LogP contribution is -2.44. The predicted molar refractivity (Wildman–Crippen MR) is 64.3 cm³/mol. The standard InChI is InChI=1S/C13H18O5/c1-17-9-4-2-3-8(5-9)13-12(16)11(15)6-10(7-14)18-13/h2-5,10-16H,6-7H2,1H3/t10-,11-,12-,13+/m0/s1. The summed E-state index contributed by atoms with van der Waals surface area (Å²) in [6.45, 7) is -0.176. The molecule has 3 N–H and O–H groups in total. The van der Waals surface area contributed by atoms with E-state index in [0.717, 1.165) is 5.56 Å². The summed E-state index contributed by atoms with van der Waals surface area (Å²) in [5.41, 5.74) is 0.721. The van der Waals surface area contributed by atoms with Crippen molar-refractivity contribution < 1.29 is 24.8 Å². The molecule has 4 atom stereocenters. The molecular weight excluding hydrogens is 236 g/mol. The van der Waals surface area contributed by atoms with Crippen LogP contribution in [0.1, 0.15) is 18.1 Å². The second-order valence-corrected chi connectivity index (χ2v) is 4.43. The van der Waals surface area contributed by atoms with Crippen molar-refractivity contribution >= 4 is 0 Å². The number of aliphatic hydroxyl groups excluding tert-OH is 3. The molecule has 100 valence electrons. The Morgan fingerprint density at radius 2 is 2.17 bits per heavy atom. The van der Waals surface area contributed by atoms with E-state index < -0.39 is 24.4 Å². The van der Waals surface area contributed by atoms with E-state index >= 15 is 0 Å². The predicted octanol–water partition coefficient (Wildman–Crippen LogP) is 0.239. The van der Waals surface area contributed by atoms with E-state index in [1.54, 1.807) is 31.4 Å². The molecule has 1 aromatic carbocycles. The van der Waals surface area contributed by atoms with Crippen molar-refractivity contribution in [3.8, 4) is 5.75 Å². The maximum atomic E-state index is 9.97. The molecule has 1 aliphatic rings. The van der Waals surface area contributed by atoms with Gasteiger partial charge < -0.3 is 24.8 Å². The second kappa shape index (κ2) is 5.67. The molecule has 0 amide bonds. The van der Waals surface area contributed by atoms with Gasteiger partial charge in [0.25, 0.3) is 0 Å². The fourth-order valence-electron chi connectivity index (χ4n) is 2.17. The number of ether oxygens (including phenoxy) is 2. The Bertz CT molecular complexity index is 395. The van der Waals surface area contributed by atoms with E-state index in [9.17, 15) is 10.2 Å². The highest BCUT2D eigenvalue weighted by Gasteiger charge is 2.37. The maximum Gasteiger partial charge on any atom is 0.119 e. The number of rotatable bonds is 3. The molecule has 0 saturated carbocycles. The van der Waals surface area contributed by atoms with Crippen LogP contribution in [0.4, 0.5) is 0 Å². The van der Waals surface area contributed by atoms with Gasteiger partial charge in [-0.15, -0.1) is 0 Å². The normalized spacial score (nSPS) is 32.2. The van der Waals surface area contributed by atoms with Crippen molar-refractivity contribution in [2.24, 2.45) is 0 Å². The fraction of sp³-hybridized carbons (Fsp3) is 0.538. The van der Waals surface area contributed by atoms with Crippen molar-refractivity contribution in [3.05, 3.63) is 29.8 Å². The van der Waals surface area contributed by atoms with Crippen LogP contribution in [0.5, 0.6) is 5.75 Å². The molecule has 1 heterocycles. The topological polar surface area (TPSA) is 79.2 Å². The third-order valence-corrected chi connectivity index (χ3v) is 3.17. The Morgan fingerprint density at radius 1 is 1.39 bits per heavy atom. The van der Waals surface area contributed by atoms with Crippen molar-refractivity contribution in [2.45, 2.75) is 30.8 Å². The van der Waals surface area contributed by atoms with Crippen LogP contribution in [-0.4, -0.2) is 47.3 Å². The smallest absolute Gasteiger partial charge is 0.119 e. The Hall–Kier alpha value is -1.14. The maximum absolute atomic E-state index is 9.97. The molecule has 1 aromatic rings. The Morgan fingerprint density at radius 3 is 2.83 bits per heavy atom. The van der Waals surface area contributed by atoms with Gasteiger partial charge in [0, 0.05) is 6.42 Å². The van der Waals surface area contributed by atoms with Crippen LogP contribution < -0.4 is 4.74 Å². The summed E-state index contributed by atoms with van der Waals surface area (Å²) in [6, 6.07) is 7.13. The fourth-order valence-corrected chi connectivity index (χ4v) is 2.17. The van der Waals surface area contributed by atoms with Gasteiger partial charge in [0.05, 0.1) is 25.9 Å². The largest absolute Gasteiger partial charge is 0.497 e. The van der Waals surface area contributed by atoms with Crippen LogP contribution in [0.3, 0.4) is 0 Å². The molecule has 0 aliphatic carbocycles.